The summed E-state index contributed by atoms with van der Waals surface area (Å²) in [5.74, 6) is -2.83. The Morgan fingerprint density at radius 3 is 2.32 bits per heavy atom. The molecular formula is C16H14O9. The van der Waals surface area contributed by atoms with Gasteiger partial charge in [-0.2, -0.15) is 0 Å². The first kappa shape index (κ1) is 16.8. The summed E-state index contributed by atoms with van der Waals surface area (Å²) in [4.78, 5) is 35.6. The molecule has 1 aliphatic heterocycles. The van der Waals surface area contributed by atoms with E-state index in [1.165, 1.54) is 36.8 Å². The monoisotopic (exact) mass is 350 g/mol. The van der Waals surface area contributed by atoms with E-state index in [1.807, 2.05) is 0 Å². The fraction of sp³-hybridized carbons (Fsp3) is 0.312. The maximum atomic E-state index is 12.0. The van der Waals surface area contributed by atoms with Gasteiger partial charge in [0.15, 0.2) is 17.8 Å². The fourth-order valence-electron chi connectivity index (χ4n) is 2.30. The minimum Gasteiger partial charge on any atom is -0.457 e. The van der Waals surface area contributed by atoms with Crippen LogP contribution in [-0.2, 0) is 19.0 Å². The quantitative estimate of drug-likeness (QED) is 0.619. The standard InChI is InChI=1S/C16H14O9/c1-16(20)12(25-14(18)10-5-3-7-22-10)11(24-15(16)19)8-23-13(17)9-4-2-6-21-9/h2-7,11-12,20H,8H2,1H3/t11-,12-,16-/m1/s1. The molecule has 0 aromatic carbocycles. The average molecular weight is 350 g/mol. The highest BCUT2D eigenvalue weighted by Crippen LogP contribution is 2.30. The van der Waals surface area contributed by atoms with Crippen molar-refractivity contribution in [3.05, 3.63) is 48.3 Å². The second-order valence-electron chi connectivity index (χ2n) is 5.47. The van der Waals surface area contributed by atoms with Crippen molar-refractivity contribution in [2.24, 2.45) is 0 Å². The molecule has 0 saturated carbocycles. The van der Waals surface area contributed by atoms with E-state index in [9.17, 15) is 19.5 Å². The zero-order valence-electron chi connectivity index (χ0n) is 13.0. The zero-order valence-corrected chi connectivity index (χ0v) is 13.0. The molecule has 1 saturated heterocycles. The van der Waals surface area contributed by atoms with E-state index in [0.717, 1.165) is 6.92 Å². The summed E-state index contributed by atoms with van der Waals surface area (Å²) in [6, 6.07) is 5.74. The van der Waals surface area contributed by atoms with Crippen molar-refractivity contribution in [2.75, 3.05) is 6.61 Å². The Labute approximate surface area is 141 Å². The van der Waals surface area contributed by atoms with Gasteiger partial charge in [0.1, 0.15) is 6.61 Å². The van der Waals surface area contributed by atoms with Gasteiger partial charge in [-0.05, 0) is 31.2 Å². The molecule has 3 rings (SSSR count). The highest BCUT2D eigenvalue weighted by molar-refractivity contribution is 5.88. The highest BCUT2D eigenvalue weighted by Gasteiger charge is 2.56. The maximum absolute atomic E-state index is 12.0. The highest BCUT2D eigenvalue weighted by atomic mass is 16.6. The van der Waals surface area contributed by atoms with E-state index in [1.54, 1.807) is 0 Å². The summed E-state index contributed by atoms with van der Waals surface area (Å²) in [6.07, 6.45) is 0.000744. The van der Waals surface area contributed by atoms with Crippen molar-refractivity contribution in [3.8, 4) is 0 Å². The van der Waals surface area contributed by atoms with Crippen molar-refractivity contribution in [2.45, 2.75) is 24.7 Å². The fourth-order valence-corrected chi connectivity index (χ4v) is 2.30. The largest absolute Gasteiger partial charge is 0.457 e. The smallest absolute Gasteiger partial charge is 0.374 e. The first-order valence-electron chi connectivity index (χ1n) is 7.28. The van der Waals surface area contributed by atoms with Gasteiger partial charge in [0.05, 0.1) is 12.5 Å². The Bertz CT molecular complexity index is 758. The van der Waals surface area contributed by atoms with Gasteiger partial charge >= 0.3 is 17.9 Å². The molecule has 0 bridgehead atoms. The molecule has 1 aliphatic rings. The first-order chi connectivity index (χ1) is 11.9. The number of carbonyl (C=O) groups is 3. The van der Waals surface area contributed by atoms with Crippen LogP contribution in [0.1, 0.15) is 28.0 Å². The summed E-state index contributed by atoms with van der Waals surface area (Å²) >= 11 is 0. The van der Waals surface area contributed by atoms with Gasteiger partial charge in [-0.3, -0.25) is 0 Å². The van der Waals surface area contributed by atoms with Crippen LogP contribution in [0.3, 0.4) is 0 Å². The number of hydrogen-bond acceptors (Lipinski definition) is 9. The number of aliphatic hydroxyl groups is 1. The van der Waals surface area contributed by atoms with Gasteiger partial charge in [0.2, 0.25) is 11.5 Å². The van der Waals surface area contributed by atoms with Gasteiger partial charge in [-0.1, -0.05) is 0 Å². The molecule has 132 valence electrons. The lowest BCUT2D eigenvalue weighted by molar-refractivity contribution is -0.155. The lowest BCUT2D eigenvalue weighted by Crippen LogP contribution is -2.47. The number of furan rings is 2. The van der Waals surface area contributed by atoms with Gasteiger partial charge in [-0.15, -0.1) is 0 Å². The van der Waals surface area contributed by atoms with E-state index in [2.05, 4.69) is 0 Å². The van der Waals surface area contributed by atoms with Crippen molar-refractivity contribution < 1.29 is 42.5 Å². The third kappa shape index (κ3) is 3.26. The Morgan fingerprint density at radius 1 is 1.16 bits per heavy atom. The molecular weight excluding hydrogens is 336 g/mol. The van der Waals surface area contributed by atoms with Crippen LogP contribution in [-0.4, -0.2) is 47.4 Å². The number of ether oxygens (including phenoxy) is 3. The summed E-state index contributed by atoms with van der Waals surface area (Å²) < 4.78 is 24.9. The molecule has 1 N–H and O–H groups in total. The third-order valence-electron chi connectivity index (χ3n) is 3.62. The van der Waals surface area contributed by atoms with Gasteiger partial charge < -0.3 is 28.2 Å². The minimum atomic E-state index is -2.09. The number of hydrogen-bond donors (Lipinski definition) is 1. The summed E-state index contributed by atoms with van der Waals surface area (Å²) in [5.41, 5.74) is -2.09. The molecule has 0 aliphatic carbocycles. The lowest BCUT2D eigenvalue weighted by atomic mass is 9.98. The second kappa shape index (κ2) is 6.44. The Hall–Kier alpha value is -3.07. The molecule has 3 heterocycles. The predicted molar refractivity (Wildman–Crippen MR) is 77.4 cm³/mol. The topological polar surface area (TPSA) is 125 Å². The van der Waals surface area contributed by atoms with Crippen LogP contribution in [0.15, 0.2) is 45.6 Å². The number of carbonyl (C=O) groups excluding carboxylic acids is 3. The van der Waals surface area contributed by atoms with Crippen LogP contribution < -0.4 is 0 Å². The Balaban J connectivity index is 1.69. The van der Waals surface area contributed by atoms with Gasteiger partial charge in [0.25, 0.3) is 0 Å². The number of rotatable bonds is 5. The maximum Gasteiger partial charge on any atom is 0.374 e. The van der Waals surface area contributed by atoms with Crippen LogP contribution in [0.25, 0.3) is 0 Å². The van der Waals surface area contributed by atoms with E-state index < -0.39 is 42.3 Å². The SMILES string of the molecule is C[C@]1(O)C(=O)O[C@H](COC(=O)c2ccco2)[C@H]1OC(=O)c1ccco1. The van der Waals surface area contributed by atoms with E-state index >= 15 is 0 Å². The van der Waals surface area contributed by atoms with Crippen LogP contribution >= 0.6 is 0 Å². The van der Waals surface area contributed by atoms with E-state index in [-0.39, 0.29) is 11.5 Å². The summed E-state index contributed by atoms with van der Waals surface area (Å²) in [7, 11) is 0. The minimum absolute atomic E-state index is 0.0415. The molecule has 2 aromatic heterocycles. The van der Waals surface area contributed by atoms with Crippen molar-refractivity contribution in [3.63, 3.8) is 0 Å². The lowest BCUT2D eigenvalue weighted by Gasteiger charge is -2.23. The number of cyclic esters (lactones) is 1. The summed E-state index contributed by atoms with van der Waals surface area (Å²) in [5, 5.41) is 10.2. The van der Waals surface area contributed by atoms with Crippen molar-refractivity contribution >= 4 is 17.9 Å². The van der Waals surface area contributed by atoms with Crippen LogP contribution in [0.4, 0.5) is 0 Å². The van der Waals surface area contributed by atoms with Crippen molar-refractivity contribution in [1.29, 1.82) is 0 Å². The molecule has 9 nitrogen and oxygen atoms in total. The molecule has 1 fully saturated rings. The third-order valence-corrected chi connectivity index (χ3v) is 3.62. The molecule has 0 amide bonds. The summed E-state index contributed by atoms with van der Waals surface area (Å²) in [6.45, 7) is 0.710. The molecule has 0 spiro atoms. The molecule has 0 unspecified atom stereocenters. The van der Waals surface area contributed by atoms with E-state index in [4.69, 9.17) is 23.0 Å². The second-order valence-corrected chi connectivity index (χ2v) is 5.47. The Kier molecular flexibility index (Phi) is 4.32. The predicted octanol–water partition coefficient (Wildman–Crippen LogP) is 0.931. The van der Waals surface area contributed by atoms with Crippen molar-refractivity contribution in [1.82, 2.24) is 0 Å². The first-order valence-corrected chi connectivity index (χ1v) is 7.28. The Morgan fingerprint density at radius 2 is 1.76 bits per heavy atom. The van der Waals surface area contributed by atoms with Crippen LogP contribution in [0.5, 0.6) is 0 Å². The van der Waals surface area contributed by atoms with Crippen LogP contribution in [0, 0.1) is 0 Å². The molecule has 3 atom stereocenters. The zero-order chi connectivity index (χ0) is 18.0. The van der Waals surface area contributed by atoms with Gasteiger partial charge in [-0.25, -0.2) is 14.4 Å². The average Bonchev–Trinajstić information content (AvgIpc) is 3.31. The van der Waals surface area contributed by atoms with E-state index in [0.29, 0.717) is 0 Å². The molecule has 9 heteroatoms. The molecule has 25 heavy (non-hydrogen) atoms. The normalized spacial score (nSPS) is 25.4. The molecule has 2 aromatic rings. The molecule has 0 radical (unpaired) electrons. The number of esters is 3. The van der Waals surface area contributed by atoms with Crippen LogP contribution in [0.2, 0.25) is 0 Å². The van der Waals surface area contributed by atoms with Gasteiger partial charge in [0, 0.05) is 0 Å².